The van der Waals surface area contributed by atoms with Crippen molar-refractivity contribution in [3.63, 3.8) is 0 Å². The van der Waals surface area contributed by atoms with Crippen molar-refractivity contribution in [2.75, 3.05) is 0 Å². The molecular weight excluding hydrogens is 227 g/mol. The van der Waals surface area contributed by atoms with Gasteiger partial charge in [0.15, 0.2) is 0 Å². The first-order valence-electron chi connectivity index (χ1n) is 2.47. The van der Waals surface area contributed by atoms with E-state index in [4.69, 9.17) is 11.1 Å². The van der Waals surface area contributed by atoms with Crippen LogP contribution in [0, 0.1) is 5.41 Å². The number of hydrogen-bond acceptors (Lipinski definition) is 1. The highest BCUT2D eigenvalue weighted by molar-refractivity contribution is 14.2. The Kier molecular flexibility index (Phi) is 2.16. The first-order chi connectivity index (χ1) is 4.30. The molecule has 0 aromatic heterocycles. The number of allylic oxidation sites excluding steroid dienone is 1. The minimum absolute atomic E-state index is 0.0463. The van der Waals surface area contributed by atoms with Gasteiger partial charge in [-0.2, -0.15) is 0 Å². The lowest BCUT2D eigenvalue weighted by molar-refractivity contribution is 1.44. The second kappa shape index (κ2) is 2.91. The van der Waals surface area contributed by atoms with Crippen molar-refractivity contribution < 1.29 is 0 Å². The second-order valence-electron chi connectivity index (χ2n) is 1.59. The van der Waals surface area contributed by atoms with Crippen LogP contribution in [-0.4, -0.2) is 9.85 Å². The molecule has 0 amide bonds. The van der Waals surface area contributed by atoms with Gasteiger partial charge < -0.3 is 5.73 Å². The number of halogens is 1. The topological polar surface area (TPSA) is 49.9 Å². The summed E-state index contributed by atoms with van der Waals surface area (Å²) in [7, 11) is 0. The summed E-state index contributed by atoms with van der Waals surface area (Å²) in [5, 5.41) is 7.05. The minimum atomic E-state index is 0.0463. The molecule has 0 radical (unpaired) electrons. The molecule has 48 valence electrons. The normalized spacial score (nSPS) is 16.2. The molecule has 0 aromatic carbocycles. The summed E-state index contributed by atoms with van der Waals surface area (Å²) in [5.41, 5.74) is 6.11. The highest BCUT2D eigenvalue weighted by Gasteiger charge is 1.94. The number of amidine groups is 1. The zero-order valence-electron chi connectivity index (χ0n) is 4.76. The molecule has 0 bridgehead atoms. The van der Waals surface area contributed by atoms with Crippen molar-refractivity contribution in [2.24, 2.45) is 5.73 Å². The third kappa shape index (κ3) is 1.74. The largest absolute Gasteiger partial charge is 0.384 e. The second-order valence-corrected chi connectivity index (χ2v) is 3.65. The maximum Gasteiger partial charge on any atom is 0.123 e. The Morgan fingerprint density at radius 2 is 2.44 bits per heavy atom. The van der Waals surface area contributed by atoms with Gasteiger partial charge in [-0.1, -0.05) is 32.9 Å². The van der Waals surface area contributed by atoms with E-state index in [1.807, 2.05) is 16.2 Å². The van der Waals surface area contributed by atoms with Gasteiger partial charge in [0.2, 0.25) is 0 Å². The van der Waals surface area contributed by atoms with Gasteiger partial charge in [0.1, 0.15) is 5.84 Å². The van der Waals surface area contributed by atoms with E-state index in [9.17, 15) is 0 Å². The lowest BCUT2D eigenvalue weighted by Gasteiger charge is -1.97. The molecule has 0 fully saturated rings. The monoisotopic (exact) mass is 234 g/mol. The van der Waals surface area contributed by atoms with Crippen LogP contribution in [0.3, 0.4) is 0 Å². The van der Waals surface area contributed by atoms with E-state index in [0.29, 0.717) is 0 Å². The van der Waals surface area contributed by atoms with Crippen LogP contribution in [0.4, 0.5) is 0 Å². The van der Waals surface area contributed by atoms with E-state index in [1.165, 1.54) is 0 Å². The molecule has 0 aliphatic carbocycles. The van der Waals surface area contributed by atoms with E-state index in [0.717, 1.165) is 5.57 Å². The Morgan fingerprint density at radius 1 is 1.67 bits per heavy atom. The van der Waals surface area contributed by atoms with E-state index < -0.39 is 0 Å². The van der Waals surface area contributed by atoms with Crippen LogP contribution in [0.5, 0.6) is 0 Å². The SMILES string of the molecule is N=C(N)C1=CI=CC=C1. The Balaban J connectivity index is 2.84. The standard InChI is InChI=1S/C6H7IN2/c8-6(9)5-2-1-3-7-4-5/h1-4H,(H3,8,9). The maximum absolute atomic E-state index is 7.05. The predicted octanol–water partition coefficient (Wildman–Crippen LogP) is 1.15. The Bertz CT molecular complexity index is 213. The van der Waals surface area contributed by atoms with Crippen molar-refractivity contribution in [3.05, 3.63) is 21.8 Å². The fourth-order valence-electron chi connectivity index (χ4n) is 0.471. The number of nitrogens with one attached hydrogen (secondary N) is 1. The van der Waals surface area contributed by atoms with Crippen LogP contribution in [-0.2, 0) is 0 Å². The first-order valence-corrected chi connectivity index (χ1v) is 4.96. The molecule has 0 spiro atoms. The summed E-state index contributed by atoms with van der Waals surface area (Å²) < 4.78 is 4.17. The number of hydrogen-bond donors (Lipinski definition) is 2. The summed E-state index contributed by atoms with van der Waals surface area (Å²) in [6, 6.07) is 0. The van der Waals surface area contributed by atoms with Gasteiger partial charge in [0.05, 0.1) is 0 Å². The number of rotatable bonds is 1. The molecule has 1 heterocycles. The van der Waals surface area contributed by atoms with Crippen LogP contribution >= 0.6 is 20.7 Å². The minimum Gasteiger partial charge on any atom is -0.384 e. The van der Waals surface area contributed by atoms with Gasteiger partial charge in [-0.3, -0.25) is 5.41 Å². The van der Waals surface area contributed by atoms with Crippen molar-refractivity contribution >= 4 is 30.6 Å². The Hall–Kier alpha value is -0.450. The molecule has 2 nitrogen and oxygen atoms in total. The van der Waals surface area contributed by atoms with Crippen molar-refractivity contribution in [3.8, 4) is 0 Å². The summed E-state index contributed by atoms with van der Waals surface area (Å²) in [6.07, 6.45) is 3.83. The zero-order valence-corrected chi connectivity index (χ0v) is 6.92. The summed E-state index contributed by atoms with van der Waals surface area (Å²) in [4.78, 5) is 0. The van der Waals surface area contributed by atoms with E-state index >= 15 is 0 Å². The van der Waals surface area contributed by atoms with Crippen LogP contribution in [0.1, 0.15) is 0 Å². The molecule has 9 heavy (non-hydrogen) atoms. The molecule has 3 N–H and O–H groups in total. The van der Waals surface area contributed by atoms with Gasteiger partial charge in [-0.05, 0) is 8.09 Å². The highest BCUT2D eigenvalue weighted by atomic mass is 127. The van der Waals surface area contributed by atoms with Crippen molar-refractivity contribution in [1.82, 2.24) is 0 Å². The third-order valence-electron chi connectivity index (χ3n) is 0.913. The Labute approximate surface area is 63.7 Å². The number of nitrogens with two attached hydrogens (primary N) is 1. The molecule has 1 aliphatic rings. The molecular formula is C6H7IN2. The molecule has 1 aliphatic heterocycles. The van der Waals surface area contributed by atoms with E-state index in [-0.39, 0.29) is 26.6 Å². The molecule has 0 saturated carbocycles. The molecule has 3 heteroatoms. The van der Waals surface area contributed by atoms with Gasteiger partial charge >= 0.3 is 0 Å². The maximum atomic E-state index is 7.05. The van der Waals surface area contributed by atoms with Crippen molar-refractivity contribution in [2.45, 2.75) is 0 Å². The van der Waals surface area contributed by atoms with Gasteiger partial charge in [-0.15, -0.1) is 0 Å². The molecule has 0 saturated heterocycles. The first kappa shape index (κ1) is 6.67. The average molecular weight is 234 g/mol. The predicted molar refractivity (Wildman–Crippen MR) is 49.2 cm³/mol. The quantitative estimate of drug-likeness (QED) is 0.399. The fourth-order valence-corrected chi connectivity index (χ4v) is 2.06. The summed E-state index contributed by atoms with van der Waals surface area (Å²) >= 11 is 0.0463. The van der Waals surface area contributed by atoms with Gasteiger partial charge in [0.25, 0.3) is 0 Å². The summed E-state index contributed by atoms with van der Waals surface area (Å²) in [5.74, 6) is 0.180. The van der Waals surface area contributed by atoms with Gasteiger partial charge in [-0.25, -0.2) is 0 Å². The van der Waals surface area contributed by atoms with Crippen molar-refractivity contribution in [1.29, 1.82) is 5.41 Å². The van der Waals surface area contributed by atoms with Crippen LogP contribution in [0.2, 0.25) is 0 Å². The molecule has 1 rings (SSSR count). The van der Waals surface area contributed by atoms with Crippen LogP contribution in [0.25, 0.3) is 0 Å². The molecule has 0 aromatic rings. The fraction of sp³-hybridized carbons (Fsp3) is 0. The van der Waals surface area contributed by atoms with Crippen LogP contribution in [0.15, 0.2) is 21.8 Å². The van der Waals surface area contributed by atoms with Crippen LogP contribution < -0.4 is 5.73 Å². The lowest BCUT2D eigenvalue weighted by atomic mass is 10.2. The molecule has 0 unspecified atom stereocenters. The third-order valence-corrected chi connectivity index (χ3v) is 2.77. The average Bonchev–Trinajstić information content (AvgIpc) is 1.90. The van der Waals surface area contributed by atoms with E-state index in [1.54, 1.807) is 0 Å². The Morgan fingerprint density at radius 3 is 2.78 bits per heavy atom. The highest BCUT2D eigenvalue weighted by Crippen LogP contribution is 2.10. The summed E-state index contributed by atoms with van der Waals surface area (Å²) in [6.45, 7) is 0. The zero-order chi connectivity index (χ0) is 6.69. The van der Waals surface area contributed by atoms with Gasteiger partial charge in [0, 0.05) is 5.57 Å². The van der Waals surface area contributed by atoms with E-state index in [2.05, 4.69) is 4.01 Å². The molecule has 0 atom stereocenters. The lowest BCUT2D eigenvalue weighted by Crippen LogP contribution is -2.11. The smallest absolute Gasteiger partial charge is 0.123 e.